The molecule has 0 saturated carbocycles. The number of fused-ring (bicyclic) bond motifs is 2. The molecule has 0 saturated heterocycles. The Morgan fingerprint density at radius 1 is 1.13 bits per heavy atom. The van der Waals surface area contributed by atoms with Crippen LogP contribution in [0.4, 0.5) is 5.13 Å². The SMILES string of the molecule is O=C(Nc1nc2c(s1)CN(C(=O)C1COc3ccccc3O1)CC2)c1ccccn1. The first-order valence-electron chi connectivity index (χ1n) is 9.55. The number of hydrogen-bond donors (Lipinski definition) is 1. The summed E-state index contributed by atoms with van der Waals surface area (Å²) in [5, 5.41) is 3.30. The molecule has 152 valence electrons. The average molecular weight is 422 g/mol. The summed E-state index contributed by atoms with van der Waals surface area (Å²) in [7, 11) is 0. The van der Waals surface area contributed by atoms with Gasteiger partial charge in [-0.3, -0.25) is 19.9 Å². The minimum Gasteiger partial charge on any atom is -0.485 e. The molecule has 2 aromatic heterocycles. The lowest BCUT2D eigenvalue weighted by Crippen LogP contribution is -2.47. The fraction of sp³-hybridized carbons (Fsp3) is 0.238. The first-order valence-corrected chi connectivity index (χ1v) is 10.4. The minimum absolute atomic E-state index is 0.109. The van der Waals surface area contributed by atoms with E-state index in [1.807, 2.05) is 18.2 Å². The van der Waals surface area contributed by atoms with E-state index < -0.39 is 6.10 Å². The second-order valence-corrected chi connectivity index (χ2v) is 8.02. The Morgan fingerprint density at radius 3 is 2.80 bits per heavy atom. The highest BCUT2D eigenvalue weighted by atomic mass is 32.1. The molecule has 1 N–H and O–H groups in total. The molecule has 5 rings (SSSR count). The standard InChI is InChI=1S/C21H18N4O4S/c26-19(14-5-3-4-9-22-14)24-21-23-13-8-10-25(11-18(13)30-21)20(27)17-12-28-15-6-1-2-7-16(15)29-17/h1-7,9,17H,8,10-12H2,(H,23,24,26). The Balaban J connectivity index is 1.25. The molecule has 1 atom stereocenters. The summed E-state index contributed by atoms with van der Waals surface area (Å²) in [5.41, 5.74) is 1.24. The van der Waals surface area contributed by atoms with Crippen LogP contribution in [-0.4, -0.2) is 45.9 Å². The van der Waals surface area contributed by atoms with Gasteiger partial charge in [0.2, 0.25) is 6.10 Å². The molecule has 4 heterocycles. The van der Waals surface area contributed by atoms with Crippen LogP contribution in [0.2, 0.25) is 0 Å². The fourth-order valence-corrected chi connectivity index (χ4v) is 4.46. The van der Waals surface area contributed by atoms with E-state index in [1.54, 1.807) is 35.4 Å². The van der Waals surface area contributed by atoms with Crippen molar-refractivity contribution in [3.63, 3.8) is 0 Å². The molecule has 1 unspecified atom stereocenters. The van der Waals surface area contributed by atoms with Crippen LogP contribution in [0.15, 0.2) is 48.7 Å². The summed E-state index contributed by atoms with van der Waals surface area (Å²) >= 11 is 1.38. The maximum Gasteiger partial charge on any atom is 0.276 e. The zero-order valence-corrected chi connectivity index (χ0v) is 16.7. The van der Waals surface area contributed by atoms with E-state index in [2.05, 4.69) is 15.3 Å². The first-order chi connectivity index (χ1) is 14.7. The maximum atomic E-state index is 13.0. The Morgan fingerprint density at radius 2 is 1.97 bits per heavy atom. The number of para-hydroxylation sites is 2. The lowest BCUT2D eigenvalue weighted by atomic mass is 10.1. The lowest BCUT2D eigenvalue weighted by Gasteiger charge is -2.32. The van der Waals surface area contributed by atoms with Crippen molar-refractivity contribution in [3.05, 3.63) is 64.9 Å². The van der Waals surface area contributed by atoms with Gasteiger partial charge in [-0.1, -0.05) is 29.5 Å². The number of ether oxygens (including phenoxy) is 2. The van der Waals surface area contributed by atoms with E-state index in [0.29, 0.717) is 41.8 Å². The number of aromatic nitrogens is 2. The van der Waals surface area contributed by atoms with Crippen LogP contribution in [0, 0.1) is 0 Å². The van der Waals surface area contributed by atoms with Crippen LogP contribution in [0.25, 0.3) is 0 Å². The minimum atomic E-state index is -0.669. The zero-order chi connectivity index (χ0) is 20.5. The average Bonchev–Trinajstić information content (AvgIpc) is 3.20. The third-order valence-corrected chi connectivity index (χ3v) is 5.94. The van der Waals surface area contributed by atoms with Crippen LogP contribution < -0.4 is 14.8 Å². The van der Waals surface area contributed by atoms with Gasteiger partial charge in [0.25, 0.3) is 11.8 Å². The highest BCUT2D eigenvalue weighted by Gasteiger charge is 2.33. The summed E-state index contributed by atoms with van der Waals surface area (Å²) in [4.78, 5) is 36.6. The fourth-order valence-electron chi connectivity index (χ4n) is 3.44. The molecule has 0 bridgehead atoms. The van der Waals surface area contributed by atoms with Crippen LogP contribution in [0.1, 0.15) is 21.1 Å². The number of rotatable bonds is 3. The molecule has 8 nitrogen and oxygen atoms in total. The van der Waals surface area contributed by atoms with Gasteiger partial charge in [-0.15, -0.1) is 0 Å². The van der Waals surface area contributed by atoms with Crippen LogP contribution in [0.3, 0.4) is 0 Å². The monoisotopic (exact) mass is 422 g/mol. The zero-order valence-electron chi connectivity index (χ0n) is 15.9. The van der Waals surface area contributed by atoms with E-state index >= 15 is 0 Å². The number of amides is 2. The van der Waals surface area contributed by atoms with E-state index in [1.165, 1.54) is 11.3 Å². The Hall–Kier alpha value is -3.46. The van der Waals surface area contributed by atoms with E-state index in [0.717, 1.165) is 10.6 Å². The second-order valence-electron chi connectivity index (χ2n) is 6.93. The van der Waals surface area contributed by atoms with E-state index in [4.69, 9.17) is 9.47 Å². The summed E-state index contributed by atoms with van der Waals surface area (Å²) in [5.74, 6) is 0.819. The van der Waals surface area contributed by atoms with Crippen molar-refractivity contribution < 1.29 is 19.1 Å². The van der Waals surface area contributed by atoms with Gasteiger partial charge in [-0.25, -0.2) is 4.98 Å². The molecule has 1 aromatic carbocycles. The van der Waals surface area contributed by atoms with E-state index in [9.17, 15) is 9.59 Å². The largest absolute Gasteiger partial charge is 0.485 e. The molecular weight excluding hydrogens is 404 g/mol. The molecule has 3 aromatic rings. The normalized spacial score (nSPS) is 17.2. The molecule has 2 amide bonds. The number of carbonyl (C=O) groups excluding carboxylic acids is 2. The van der Waals surface area contributed by atoms with Crippen molar-refractivity contribution in [1.82, 2.24) is 14.9 Å². The molecular formula is C21H18N4O4S. The number of nitrogens with zero attached hydrogens (tertiary/aromatic N) is 3. The number of benzene rings is 1. The number of carbonyl (C=O) groups is 2. The Kier molecular flexibility index (Phi) is 4.80. The predicted octanol–water partition coefficient (Wildman–Crippen LogP) is 2.52. The van der Waals surface area contributed by atoms with Crippen molar-refractivity contribution in [2.75, 3.05) is 18.5 Å². The van der Waals surface area contributed by atoms with Gasteiger partial charge in [0.05, 0.1) is 12.2 Å². The molecule has 0 fully saturated rings. The van der Waals surface area contributed by atoms with Gasteiger partial charge >= 0.3 is 0 Å². The molecule has 0 radical (unpaired) electrons. The smallest absolute Gasteiger partial charge is 0.276 e. The highest BCUT2D eigenvalue weighted by molar-refractivity contribution is 7.15. The maximum absolute atomic E-state index is 13.0. The van der Waals surface area contributed by atoms with Gasteiger partial charge in [-0.2, -0.15) is 0 Å². The van der Waals surface area contributed by atoms with Gasteiger partial charge < -0.3 is 14.4 Å². The molecule has 0 spiro atoms. The van der Waals surface area contributed by atoms with E-state index in [-0.39, 0.29) is 18.4 Å². The molecule has 2 aliphatic rings. The quantitative estimate of drug-likeness (QED) is 0.697. The first kappa shape index (κ1) is 18.6. The van der Waals surface area contributed by atoms with Crippen LogP contribution >= 0.6 is 11.3 Å². The number of nitrogens with one attached hydrogen (secondary N) is 1. The number of thiazole rings is 1. The van der Waals surface area contributed by atoms with Crippen molar-refractivity contribution in [2.45, 2.75) is 19.1 Å². The predicted molar refractivity (Wildman–Crippen MR) is 110 cm³/mol. The Labute approximate surface area is 176 Å². The molecule has 0 aliphatic carbocycles. The number of pyridine rings is 1. The van der Waals surface area contributed by atoms with Gasteiger partial charge in [0.1, 0.15) is 12.3 Å². The van der Waals surface area contributed by atoms with Crippen molar-refractivity contribution >= 4 is 28.3 Å². The van der Waals surface area contributed by atoms with Gasteiger partial charge in [-0.05, 0) is 24.3 Å². The molecule has 9 heteroatoms. The van der Waals surface area contributed by atoms with Gasteiger partial charge in [0, 0.05) is 24.0 Å². The van der Waals surface area contributed by atoms with Crippen LogP contribution in [-0.2, 0) is 17.8 Å². The third kappa shape index (κ3) is 3.59. The topological polar surface area (TPSA) is 93.7 Å². The van der Waals surface area contributed by atoms with Crippen molar-refractivity contribution in [3.8, 4) is 11.5 Å². The Bertz CT molecular complexity index is 1100. The number of anilines is 1. The van der Waals surface area contributed by atoms with Gasteiger partial charge in [0.15, 0.2) is 16.6 Å². The van der Waals surface area contributed by atoms with Crippen molar-refractivity contribution in [2.24, 2.45) is 0 Å². The molecule has 2 aliphatic heterocycles. The third-order valence-electron chi connectivity index (χ3n) is 4.94. The summed E-state index contributed by atoms with van der Waals surface area (Å²) in [6.07, 6.45) is 1.53. The highest BCUT2D eigenvalue weighted by Crippen LogP contribution is 2.33. The lowest BCUT2D eigenvalue weighted by molar-refractivity contribution is -0.142. The summed E-state index contributed by atoms with van der Waals surface area (Å²) in [6.45, 7) is 1.17. The number of hydrogen-bond acceptors (Lipinski definition) is 7. The summed E-state index contributed by atoms with van der Waals surface area (Å²) in [6, 6.07) is 12.5. The molecule has 30 heavy (non-hydrogen) atoms. The second kappa shape index (κ2) is 7.75. The summed E-state index contributed by atoms with van der Waals surface area (Å²) < 4.78 is 11.5. The van der Waals surface area contributed by atoms with Crippen molar-refractivity contribution in [1.29, 1.82) is 0 Å². The van der Waals surface area contributed by atoms with Crippen LogP contribution in [0.5, 0.6) is 11.5 Å².